The highest BCUT2D eigenvalue weighted by molar-refractivity contribution is 5.81. The van der Waals surface area contributed by atoms with Gasteiger partial charge in [-0.25, -0.2) is 4.68 Å². The van der Waals surface area contributed by atoms with Gasteiger partial charge in [-0.15, -0.1) is 0 Å². The molecule has 0 aliphatic rings. The molecule has 3 aromatic rings. The van der Waals surface area contributed by atoms with Crippen molar-refractivity contribution in [3.05, 3.63) is 54.2 Å². The molecule has 3 rings (SSSR count). The Bertz CT molecular complexity index is 775. The van der Waals surface area contributed by atoms with Gasteiger partial charge < -0.3 is 9.84 Å². The molecule has 4 heteroatoms. The lowest BCUT2D eigenvalue weighted by Gasteiger charge is -2.02. The summed E-state index contributed by atoms with van der Waals surface area (Å²) in [5, 5.41) is 15.0. The van der Waals surface area contributed by atoms with E-state index in [1.165, 1.54) is 0 Å². The van der Waals surface area contributed by atoms with E-state index in [-0.39, 0.29) is 5.75 Å². The van der Waals surface area contributed by atoms with Crippen molar-refractivity contribution in [2.75, 3.05) is 7.11 Å². The second-order valence-corrected chi connectivity index (χ2v) is 4.43. The van der Waals surface area contributed by atoms with Crippen molar-refractivity contribution < 1.29 is 9.84 Å². The van der Waals surface area contributed by atoms with Crippen LogP contribution in [-0.4, -0.2) is 22.0 Å². The Hall–Kier alpha value is -2.75. The minimum atomic E-state index is 0.175. The lowest BCUT2D eigenvalue weighted by molar-refractivity contribution is 0.407. The number of benzene rings is 2. The van der Waals surface area contributed by atoms with Crippen LogP contribution in [0.1, 0.15) is 5.56 Å². The van der Waals surface area contributed by atoms with E-state index in [0.29, 0.717) is 5.75 Å². The molecule has 0 amide bonds. The molecular weight excluding hydrogens is 252 g/mol. The van der Waals surface area contributed by atoms with Gasteiger partial charge in [-0.2, -0.15) is 5.10 Å². The zero-order valence-corrected chi connectivity index (χ0v) is 11.0. The van der Waals surface area contributed by atoms with Crippen LogP contribution in [0.15, 0.2) is 48.7 Å². The summed E-state index contributed by atoms with van der Waals surface area (Å²) in [6, 6.07) is 13.1. The fourth-order valence-corrected chi connectivity index (χ4v) is 2.09. The first-order chi connectivity index (χ1) is 9.76. The normalized spacial score (nSPS) is 11.2. The molecule has 20 heavy (non-hydrogen) atoms. The van der Waals surface area contributed by atoms with Gasteiger partial charge in [0.15, 0.2) is 0 Å². The van der Waals surface area contributed by atoms with Gasteiger partial charge in [-0.3, -0.25) is 0 Å². The predicted molar refractivity (Wildman–Crippen MR) is 79.6 cm³/mol. The monoisotopic (exact) mass is 266 g/mol. The van der Waals surface area contributed by atoms with Crippen LogP contribution in [0.25, 0.3) is 23.2 Å². The Morgan fingerprint density at radius 1 is 1.20 bits per heavy atom. The Morgan fingerprint density at radius 2 is 2.05 bits per heavy atom. The molecule has 1 aromatic heterocycles. The quantitative estimate of drug-likeness (QED) is 0.790. The minimum absolute atomic E-state index is 0.175. The molecule has 0 saturated heterocycles. The Kier molecular flexibility index (Phi) is 3.13. The number of aromatic hydroxyl groups is 1. The van der Waals surface area contributed by atoms with E-state index >= 15 is 0 Å². The number of aromatic nitrogens is 2. The third kappa shape index (κ3) is 2.36. The molecule has 0 spiro atoms. The van der Waals surface area contributed by atoms with Crippen molar-refractivity contribution in [2.24, 2.45) is 0 Å². The van der Waals surface area contributed by atoms with E-state index in [0.717, 1.165) is 16.5 Å². The maximum atomic E-state index is 9.62. The Labute approximate surface area is 116 Å². The van der Waals surface area contributed by atoms with E-state index in [2.05, 4.69) is 5.10 Å². The van der Waals surface area contributed by atoms with Crippen molar-refractivity contribution in [1.29, 1.82) is 0 Å². The summed E-state index contributed by atoms with van der Waals surface area (Å²) in [5.74, 6) is 0.796. The number of hydrogen-bond donors (Lipinski definition) is 1. The fourth-order valence-electron chi connectivity index (χ4n) is 2.09. The highest BCUT2D eigenvalue weighted by Crippen LogP contribution is 2.22. The third-order valence-corrected chi connectivity index (χ3v) is 3.06. The van der Waals surface area contributed by atoms with Gasteiger partial charge in [0.05, 0.1) is 18.8 Å². The number of phenols is 1. The molecule has 4 nitrogen and oxygen atoms in total. The van der Waals surface area contributed by atoms with E-state index in [9.17, 15) is 5.11 Å². The SMILES string of the molecule is COc1cc(O)cc(/C=C/n2ncc3ccccc32)c1. The van der Waals surface area contributed by atoms with Crippen LogP contribution in [0.5, 0.6) is 11.5 Å². The zero-order chi connectivity index (χ0) is 13.9. The average molecular weight is 266 g/mol. The summed E-state index contributed by atoms with van der Waals surface area (Å²) < 4.78 is 6.92. The lowest BCUT2D eigenvalue weighted by atomic mass is 10.2. The summed E-state index contributed by atoms with van der Waals surface area (Å²) in [5.41, 5.74) is 1.89. The topological polar surface area (TPSA) is 47.3 Å². The van der Waals surface area contributed by atoms with Crippen LogP contribution in [-0.2, 0) is 0 Å². The number of hydrogen-bond acceptors (Lipinski definition) is 3. The van der Waals surface area contributed by atoms with Crippen molar-refractivity contribution in [1.82, 2.24) is 9.78 Å². The Balaban J connectivity index is 1.96. The number of ether oxygens (including phenoxy) is 1. The predicted octanol–water partition coefficient (Wildman–Crippen LogP) is 3.38. The summed E-state index contributed by atoms with van der Waals surface area (Å²) >= 11 is 0. The lowest BCUT2D eigenvalue weighted by Crippen LogP contribution is -1.88. The largest absolute Gasteiger partial charge is 0.508 e. The molecule has 0 aliphatic heterocycles. The van der Waals surface area contributed by atoms with Crippen molar-refractivity contribution in [2.45, 2.75) is 0 Å². The van der Waals surface area contributed by atoms with Gasteiger partial charge >= 0.3 is 0 Å². The van der Waals surface area contributed by atoms with Crippen molar-refractivity contribution in [3.63, 3.8) is 0 Å². The maximum absolute atomic E-state index is 9.62. The molecular formula is C16H14N2O2. The van der Waals surface area contributed by atoms with E-state index in [1.54, 1.807) is 23.9 Å². The second-order valence-electron chi connectivity index (χ2n) is 4.43. The first-order valence-corrected chi connectivity index (χ1v) is 6.25. The first kappa shape index (κ1) is 12.3. The summed E-state index contributed by atoms with van der Waals surface area (Å²) in [7, 11) is 1.57. The number of rotatable bonds is 3. The van der Waals surface area contributed by atoms with Gasteiger partial charge in [-0.1, -0.05) is 18.2 Å². The Morgan fingerprint density at radius 3 is 2.90 bits per heavy atom. The van der Waals surface area contributed by atoms with Crippen LogP contribution in [0.3, 0.4) is 0 Å². The first-order valence-electron chi connectivity index (χ1n) is 6.25. The van der Waals surface area contributed by atoms with E-state index in [1.807, 2.05) is 48.8 Å². The molecule has 0 saturated carbocycles. The summed E-state index contributed by atoms with van der Waals surface area (Å²) in [6.45, 7) is 0. The number of phenolic OH excluding ortho intramolecular Hbond substituents is 1. The summed E-state index contributed by atoms with van der Waals surface area (Å²) in [6.07, 6.45) is 5.56. The van der Waals surface area contributed by atoms with Crippen LogP contribution in [0.4, 0.5) is 0 Å². The number of para-hydroxylation sites is 1. The van der Waals surface area contributed by atoms with Gasteiger partial charge in [0, 0.05) is 17.7 Å². The number of methoxy groups -OCH3 is 1. The summed E-state index contributed by atoms with van der Waals surface area (Å²) in [4.78, 5) is 0. The molecule has 0 radical (unpaired) electrons. The number of nitrogens with zero attached hydrogens (tertiary/aromatic N) is 2. The highest BCUT2D eigenvalue weighted by Gasteiger charge is 2.00. The fraction of sp³-hybridized carbons (Fsp3) is 0.0625. The van der Waals surface area contributed by atoms with Crippen LogP contribution in [0, 0.1) is 0 Å². The molecule has 1 N–H and O–H groups in total. The van der Waals surface area contributed by atoms with Crippen LogP contribution < -0.4 is 4.74 Å². The van der Waals surface area contributed by atoms with E-state index in [4.69, 9.17) is 4.74 Å². The van der Waals surface area contributed by atoms with Gasteiger partial charge in [0.1, 0.15) is 11.5 Å². The smallest absolute Gasteiger partial charge is 0.123 e. The van der Waals surface area contributed by atoms with Gasteiger partial charge in [0.2, 0.25) is 0 Å². The van der Waals surface area contributed by atoms with Crippen molar-refractivity contribution in [3.8, 4) is 11.5 Å². The average Bonchev–Trinajstić information content (AvgIpc) is 2.88. The molecule has 0 atom stereocenters. The highest BCUT2D eigenvalue weighted by atomic mass is 16.5. The molecule has 0 bridgehead atoms. The maximum Gasteiger partial charge on any atom is 0.123 e. The minimum Gasteiger partial charge on any atom is -0.508 e. The van der Waals surface area contributed by atoms with Gasteiger partial charge in [0.25, 0.3) is 0 Å². The molecule has 100 valence electrons. The standard InChI is InChI=1S/C16H14N2O2/c1-20-15-9-12(8-14(19)10-15)6-7-18-16-5-3-2-4-13(16)11-17-18/h2-11,19H,1H3/b7-6+. The van der Waals surface area contributed by atoms with Crippen molar-refractivity contribution >= 4 is 23.2 Å². The van der Waals surface area contributed by atoms with Crippen LogP contribution >= 0.6 is 0 Å². The van der Waals surface area contributed by atoms with Gasteiger partial charge in [-0.05, 0) is 29.8 Å². The zero-order valence-electron chi connectivity index (χ0n) is 11.0. The van der Waals surface area contributed by atoms with Crippen LogP contribution in [0.2, 0.25) is 0 Å². The molecule has 0 aliphatic carbocycles. The molecule has 0 fully saturated rings. The van der Waals surface area contributed by atoms with E-state index < -0.39 is 0 Å². The molecule has 2 aromatic carbocycles. The molecule has 0 unspecified atom stereocenters. The number of fused-ring (bicyclic) bond motifs is 1. The third-order valence-electron chi connectivity index (χ3n) is 3.06. The molecule has 1 heterocycles. The second kappa shape index (κ2) is 5.09.